The van der Waals surface area contributed by atoms with Crippen LogP contribution in [0, 0.1) is 25.7 Å². The Morgan fingerprint density at radius 1 is 1.20 bits per heavy atom. The van der Waals surface area contributed by atoms with Gasteiger partial charge in [-0.15, -0.1) is 0 Å². The summed E-state index contributed by atoms with van der Waals surface area (Å²) < 4.78 is 5.61. The van der Waals surface area contributed by atoms with Crippen LogP contribution in [0.3, 0.4) is 0 Å². The van der Waals surface area contributed by atoms with Crippen molar-refractivity contribution < 1.29 is 9.53 Å². The number of nitrogens with one attached hydrogen (secondary N) is 1. The number of carbonyl (C=O) groups excluding carboxylic acids is 1. The first-order valence-electron chi connectivity index (χ1n) is 7.60. The van der Waals surface area contributed by atoms with Gasteiger partial charge >= 0.3 is 0 Å². The monoisotopic (exact) mass is 273 g/mol. The molecule has 0 saturated heterocycles. The first-order chi connectivity index (χ1) is 9.60. The van der Waals surface area contributed by atoms with Crippen LogP contribution in [-0.4, -0.2) is 18.6 Å². The van der Waals surface area contributed by atoms with Gasteiger partial charge in [0, 0.05) is 6.04 Å². The van der Waals surface area contributed by atoms with Gasteiger partial charge in [-0.05, 0) is 68.2 Å². The van der Waals surface area contributed by atoms with Crippen LogP contribution in [0.15, 0.2) is 18.2 Å². The summed E-state index contributed by atoms with van der Waals surface area (Å²) >= 11 is 0. The van der Waals surface area contributed by atoms with E-state index in [-0.39, 0.29) is 12.5 Å². The van der Waals surface area contributed by atoms with Gasteiger partial charge in [0.2, 0.25) is 0 Å². The molecule has 3 rings (SSSR count). The van der Waals surface area contributed by atoms with Crippen LogP contribution in [0.25, 0.3) is 0 Å². The van der Waals surface area contributed by atoms with Crippen LogP contribution >= 0.6 is 0 Å². The van der Waals surface area contributed by atoms with E-state index in [1.807, 2.05) is 26.0 Å². The molecule has 1 N–H and O–H groups in total. The molecule has 0 aromatic heterocycles. The zero-order valence-electron chi connectivity index (χ0n) is 12.3. The number of benzene rings is 1. The third-order valence-electron chi connectivity index (χ3n) is 4.65. The molecule has 0 unspecified atom stereocenters. The van der Waals surface area contributed by atoms with Gasteiger partial charge in [0.05, 0.1) is 0 Å². The van der Waals surface area contributed by atoms with Crippen molar-refractivity contribution in [1.29, 1.82) is 0 Å². The number of rotatable bonds is 4. The largest absolute Gasteiger partial charge is 0.484 e. The Balaban J connectivity index is 1.49. The van der Waals surface area contributed by atoms with Gasteiger partial charge in [-0.3, -0.25) is 4.79 Å². The molecule has 0 spiro atoms. The van der Waals surface area contributed by atoms with Crippen LogP contribution in [0.4, 0.5) is 0 Å². The fourth-order valence-corrected chi connectivity index (χ4v) is 3.84. The molecular formula is C17H23NO2. The molecule has 2 bridgehead atoms. The summed E-state index contributed by atoms with van der Waals surface area (Å²) in [5.74, 6) is 2.36. The molecule has 2 aliphatic rings. The zero-order chi connectivity index (χ0) is 14.1. The lowest BCUT2D eigenvalue weighted by Gasteiger charge is -2.22. The van der Waals surface area contributed by atoms with E-state index in [0.717, 1.165) is 22.8 Å². The number of carbonyl (C=O) groups is 1. The van der Waals surface area contributed by atoms with Crippen LogP contribution < -0.4 is 10.1 Å². The number of ether oxygens (including phenoxy) is 1. The maximum Gasteiger partial charge on any atom is 0.258 e. The second-order valence-electron chi connectivity index (χ2n) is 6.46. The van der Waals surface area contributed by atoms with Gasteiger partial charge in [-0.1, -0.05) is 12.5 Å². The van der Waals surface area contributed by atoms with Gasteiger partial charge in [0.15, 0.2) is 6.61 Å². The van der Waals surface area contributed by atoms with Crippen molar-refractivity contribution in [3.05, 3.63) is 29.3 Å². The van der Waals surface area contributed by atoms with Crippen LogP contribution in [0.5, 0.6) is 5.75 Å². The lowest BCUT2D eigenvalue weighted by molar-refractivity contribution is -0.124. The molecule has 2 saturated carbocycles. The maximum atomic E-state index is 12.0. The van der Waals surface area contributed by atoms with Crippen molar-refractivity contribution >= 4 is 5.91 Å². The first kappa shape index (κ1) is 13.5. The predicted octanol–water partition coefficient (Wildman–Crippen LogP) is 2.99. The van der Waals surface area contributed by atoms with Crippen LogP contribution in [-0.2, 0) is 4.79 Å². The Morgan fingerprint density at radius 3 is 2.55 bits per heavy atom. The van der Waals surface area contributed by atoms with E-state index >= 15 is 0 Å². The average molecular weight is 273 g/mol. The quantitative estimate of drug-likeness (QED) is 0.916. The molecule has 2 fully saturated rings. The van der Waals surface area contributed by atoms with E-state index in [0.29, 0.717) is 12.0 Å². The highest BCUT2D eigenvalue weighted by Crippen LogP contribution is 2.44. The number of amides is 1. The third-order valence-corrected chi connectivity index (χ3v) is 4.65. The lowest BCUT2D eigenvalue weighted by Crippen LogP contribution is -2.40. The molecule has 108 valence electrons. The highest BCUT2D eigenvalue weighted by molar-refractivity contribution is 5.78. The van der Waals surface area contributed by atoms with Gasteiger partial charge in [-0.25, -0.2) is 0 Å². The summed E-state index contributed by atoms with van der Waals surface area (Å²) in [7, 11) is 0. The van der Waals surface area contributed by atoms with E-state index in [4.69, 9.17) is 4.74 Å². The van der Waals surface area contributed by atoms with Crippen molar-refractivity contribution in [2.45, 2.75) is 45.6 Å². The summed E-state index contributed by atoms with van der Waals surface area (Å²) in [6.07, 6.45) is 5.12. The second kappa shape index (κ2) is 5.47. The summed E-state index contributed by atoms with van der Waals surface area (Å²) in [6.45, 7) is 4.20. The predicted molar refractivity (Wildman–Crippen MR) is 78.8 cm³/mol. The highest BCUT2D eigenvalue weighted by Gasteiger charge is 2.40. The third kappa shape index (κ3) is 2.97. The molecular weight excluding hydrogens is 250 g/mol. The molecule has 3 atom stereocenters. The average Bonchev–Trinajstić information content (AvgIpc) is 2.97. The smallest absolute Gasteiger partial charge is 0.258 e. The van der Waals surface area contributed by atoms with Crippen molar-refractivity contribution in [2.75, 3.05) is 6.61 Å². The molecule has 3 nitrogen and oxygen atoms in total. The number of hydrogen-bond acceptors (Lipinski definition) is 2. The van der Waals surface area contributed by atoms with Gasteiger partial charge < -0.3 is 10.1 Å². The minimum absolute atomic E-state index is 0.0155. The van der Waals surface area contributed by atoms with Gasteiger partial charge in [0.25, 0.3) is 5.91 Å². The standard InChI is InChI=1S/C17H23NO2/c1-11-5-12(2)7-15(6-11)20-10-17(19)18-16-9-13-3-4-14(16)8-13/h5-7,13-14,16H,3-4,8-10H2,1-2H3,(H,18,19)/t13-,14-,16+/m0/s1. The first-order valence-corrected chi connectivity index (χ1v) is 7.60. The minimum atomic E-state index is 0.0155. The molecule has 20 heavy (non-hydrogen) atoms. The van der Waals surface area contributed by atoms with Gasteiger partial charge in [-0.2, -0.15) is 0 Å². The molecule has 3 heteroatoms. The Bertz CT molecular complexity index is 491. The fraction of sp³-hybridized carbons (Fsp3) is 0.588. The Kier molecular flexibility index (Phi) is 3.68. The fourth-order valence-electron chi connectivity index (χ4n) is 3.84. The van der Waals surface area contributed by atoms with Crippen molar-refractivity contribution in [2.24, 2.45) is 11.8 Å². The van der Waals surface area contributed by atoms with Gasteiger partial charge in [0.1, 0.15) is 5.75 Å². The van der Waals surface area contributed by atoms with E-state index in [1.54, 1.807) is 0 Å². The van der Waals surface area contributed by atoms with E-state index < -0.39 is 0 Å². The summed E-state index contributed by atoms with van der Waals surface area (Å²) in [4.78, 5) is 12.0. The molecule has 0 heterocycles. The van der Waals surface area contributed by atoms with E-state index in [1.165, 1.54) is 25.7 Å². The van der Waals surface area contributed by atoms with Crippen LogP contribution in [0.2, 0.25) is 0 Å². The normalized spacial score (nSPS) is 27.6. The zero-order valence-corrected chi connectivity index (χ0v) is 12.3. The maximum absolute atomic E-state index is 12.0. The van der Waals surface area contributed by atoms with Crippen molar-refractivity contribution in [1.82, 2.24) is 5.32 Å². The topological polar surface area (TPSA) is 38.3 Å². The van der Waals surface area contributed by atoms with E-state index in [9.17, 15) is 4.79 Å². The molecule has 0 radical (unpaired) electrons. The van der Waals surface area contributed by atoms with E-state index in [2.05, 4.69) is 11.4 Å². The molecule has 1 amide bonds. The number of hydrogen-bond donors (Lipinski definition) is 1. The molecule has 0 aliphatic heterocycles. The number of aryl methyl sites for hydroxylation is 2. The minimum Gasteiger partial charge on any atom is -0.484 e. The van der Waals surface area contributed by atoms with Crippen molar-refractivity contribution in [3.63, 3.8) is 0 Å². The Hall–Kier alpha value is -1.51. The Labute approximate surface area is 120 Å². The number of fused-ring (bicyclic) bond motifs is 2. The van der Waals surface area contributed by atoms with Crippen LogP contribution in [0.1, 0.15) is 36.8 Å². The molecule has 2 aliphatic carbocycles. The highest BCUT2D eigenvalue weighted by atomic mass is 16.5. The second-order valence-corrected chi connectivity index (χ2v) is 6.46. The summed E-state index contributed by atoms with van der Waals surface area (Å²) in [6, 6.07) is 6.43. The lowest BCUT2D eigenvalue weighted by atomic mass is 9.95. The Morgan fingerprint density at radius 2 is 1.95 bits per heavy atom. The molecule has 1 aromatic carbocycles. The summed E-state index contributed by atoms with van der Waals surface area (Å²) in [5.41, 5.74) is 2.32. The SMILES string of the molecule is Cc1cc(C)cc(OCC(=O)N[C@@H]2C[C@H]3CC[C@H]2C3)c1. The van der Waals surface area contributed by atoms with Crippen molar-refractivity contribution in [3.8, 4) is 5.75 Å². The summed E-state index contributed by atoms with van der Waals surface area (Å²) in [5, 5.41) is 3.15. The molecule has 1 aromatic rings.